The number of carbonyl (C=O) groups is 1. The highest BCUT2D eigenvalue weighted by Gasteiger charge is 2.23. The largest absolute Gasteiger partial charge is 0.346 e. The summed E-state index contributed by atoms with van der Waals surface area (Å²) in [6.45, 7) is 9.90. The van der Waals surface area contributed by atoms with Gasteiger partial charge in [-0.25, -0.2) is 4.68 Å². The smallest absolute Gasteiger partial charge is 0.274 e. The monoisotopic (exact) mass is 286 g/mol. The van der Waals surface area contributed by atoms with Gasteiger partial charge in [-0.1, -0.05) is 24.3 Å². The van der Waals surface area contributed by atoms with Crippen LogP contribution in [0.2, 0.25) is 0 Å². The van der Waals surface area contributed by atoms with Crippen molar-refractivity contribution in [1.29, 1.82) is 0 Å². The molecule has 112 valence electrons. The molecule has 1 amide bonds. The summed E-state index contributed by atoms with van der Waals surface area (Å²) in [7, 11) is 0. The molecule has 0 spiro atoms. The average molecular weight is 286 g/mol. The molecular weight excluding hydrogens is 264 g/mol. The van der Waals surface area contributed by atoms with Crippen LogP contribution in [0.1, 0.15) is 48.9 Å². The minimum Gasteiger partial charge on any atom is -0.346 e. The van der Waals surface area contributed by atoms with Gasteiger partial charge in [0.2, 0.25) is 0 Å². The number of aryl methyl sites for hydroxylation is 1. The lowest BCUT2D eigenvalue weighted by molar-refractivity contribution is 0.0905. The predicted molar refractivity (Wildman–Crippen MR) is 82.7 cm³/mol. The highest BCUT2D eigenvalue weighted by Crippen LogP contribution is 2.15. The average Bonchev–Trinajstić information content (AvgIpc) is 2.80. The maximum Gasteiger partial charge on any atom is 0.274 e. The van der Waals surface area contributed by atoms with Gasteiger partial charge in [0.25, 0.3) is 5.91 Å². The van der Waals surface area contributed by atoms with Crippen molar-refractivity contribution in [3.05, 3.63) is 41.2 Å². The Balaban J connectivity index is 2.31. The molecule has 0 fully saturated rings. The molecule has 0 atom stereocenters. The van der Waals surface area contributed by atoms with Crippen LogP contribution in [0.15, 0.2) is 24.3 Å². The lowest BCUT2D eigenvalue weighted by Gasteiger charge is -2.23. The van der Waals surface area contributed by atoms with Crippen molar-refractivity contribution < 1.29 is 4.79 Å². The van der Waals surface area contributed by atoms with E-state index in [0.29, 0.717) is 5.69 Å². The Bertz CT molecular complexity index is 658. The number of carbonyl (C=O) groups excluding carboxylic acids is 1. The number of hydrogen-bond acceptors (Lipinski definition) is 3. The van der Waals surface area contributed by atoms with Gasteiger partial charge in [-0.3, -0.25) is 4.79 Å². The van der Waals surface area contributed by atoms with Gasteiger partial charge in [0.15, 0.2) is 5.69 Å². The summed E-state index contributed by atoms with van der Waals surface area (Å²) >= 11 is 0. The molecule has 0 bridgehead atoms. The first-order valence-corrected chi connectivity index (χ1v) is 7.16. The molecule has 1 N–H and O–H groups in total. The normalized spacial score (nSPS) is 11.5. The first-order chi connectivity index (χ1) is 9.84. The molecule has 21 heavy (non-hydrogen) atoms. The number of rotatable bonds is 4. The fourth-order valence-corrected chi connectivity index (χ4v) is 2.00. The number of aromatic nitrogens is 3. The van der Waals surface area contributed by atoms with Crippen molar-refractivity contribution in [2.75, 3.05) is 0 Å². The van der Waals surface area contributed by atoms with E-state index in [2.05, 4.69) is 15.6 Å². The Hall–Kier alpha value is -2.17. The quantitative estimate of drug-likeness (QED) is 0.940. The molecule has 0 unspecified atom stereocenters. The summed E-state index contributed by atoms with van der Waals surface area (Å²) in [5.74, 6) is -0.182. The fraction of sp³-hybridized carbons (Fsp3) is 0.438. The Morgan fingerprint density at radius 2 is 2.05 bits per heavy atom. The third-order valence-electron chi connectivity index (χ3n) is 3.69. The third kappa shape index (κ3) is 3.29. The molecule has 1 aromatic carbocycles. The van der Waals surface area contributed by atoms with Crippen LogP contribution in [0.3, 0.4) is 0 Å². The van der Waals surface area contributed by atoms with Gasteiger partial charge in [0.05, 0.1) is 11.4 Å². The summed E-state index contributed by atoms with van der Waals surface area (Å²) in [6, 6.07) is 7.95. The lowest BCUT2D eigenvalue weighted by Crippen LogP contribution is -2.43. The van der Waals surface area contributed by atoms with E-state index in [0.717, 1.165) is 23.4 Å². The zero-order valence-electron chi connectivity index (χ0n) is 13.3. The molecule has 2 aromatic rings. The summed E-state index contributed by atoms with van der Waals surface area (Å²) in [5.41, 5.74) is 2.91. The summed E-state index contributed by atoms with van der Waals surface area (Å²) in [5, 5.41) is 11.1. The van der Waals surface area contributed by atoms with Crippen molar-refractivity contribution >= 4 is 5.91 Å². The molecule has 5 nitrogen and oxygen atoms in total. The molecule has 0 saturated heterocycles. The van der Waals surface area contributed by atoms with Crippen molar-refractivity contribution in [3.8, 4) is 5.69 Å². The van der Waals surface area contributed by atoms with E-state index in [1.165, 1.54) is 0 Å². The van der Waals surface area contributed by atoms with E-state index in [9.17, 15) is 4.79 Å². The molecular formula is C16H22N4O. The molecule has 0 saturated carbocycles. The fourth-order valence-electron chi connectivity index (χ4n) is 2.00. The summed E-state index contributed by atoms with van der Waals surface area (Å²) in [6.07, 6.45) is 0.851. The van der Waals surface area contributed by atoms with Crippen LogP contribution in [0, 0.1) is 13.8 Å². The van der Waals surface area contributed by atoms with E-state index >= 15 is 0 Å². The van der Waals surface area contributed by atoms with E-state index in [1.54, 1.807) is 4.68 Å². The van der Waals surface area contributed by atoms with Gasteiger partial charge < -0.3 is 5.32 Å². The number of benzene rings is 1. The van der Waals surface area contributed by atoms with Crippen molar-refractivity contribution in [3.63, 3.8) is 0 Å². The van der Waals surface area contributed by atoms with Crippen LogP contribution in [0.4, 0.5) is 0 Å². The van der Waals surface area contributed by atoms with Crippen molar-refractivity contribution in [1.82, 2.24) is 20.3 Å². The predicted octanol–water partition coefficient (Wildman–Crippen LogP) is 2.80. The van der Waals surface area contributed by atoms with Crippen LogP contribution in [-0.4, -0.2) is 26.4 Å². The van der Waals surface area contributed by atoms with Gasteiger partial charge in [-0.15, -0.1) is 5.10 Å². The number of amides is 1. The third-order valence-corrected chi connectivity index (χ3v) is 3.69. The Morgan fingerprint density at radius 3 is 2.67 bits per heavy atom. The van der Waals surface area contributed by atoms with E-state index in [4.69, 9.17) is 0 Å². The Kier molecular flexibility index (Phi) is 4.11. The second kappa shape index (κ2) is 5.68. The van der Waals surface area contributed by atoms with Gasteiger partial charge in [0, 0.05) is 5.54 Å². The second-order valence-electron chi connectivity index (χ2n) is 5.97. The summed E-state index contributed by atoms with van der Waals surface area (Å²) < 4.78 is 1.70. The first kappa shape index (κ1) is 15.2. The van der Waals surface area contributed by atoms with Crippen LogP contribution in [0.25, 0.3) is 5.69 Å². The highest BCUT2D eigenvalue weighted by molar-refractivity contribution is 5.93. The van der Waals surface area contributed by atoms with Gasteiger partial charge in [0.1, 0.15) is 0 Å². The first-order valence-electron chi connectivity index (χ1n) is 7.16. The maximum atomic E-state index is 12.3. The molecule has 0 aliphatic rings. The van der Waals surface area contributed by atoms with E-state index in [-0.39, 0.29) is 11.4 Å². The van der Waals surface area contributed by atoms with Crippen LogP contribution < -0.4 is 5.32 Å². The van der Waals surface area contributed by atoms with Gasteiger partial charge in [-0.2, -0.15) is 0 Å². The van der Waals surface area contributed by atoms with Gasteiger partial charge in [-0.05, 0) is 51.8 Å². The highest BCUT2D eigenvalue weighted by atomic mass is 16.2. The molecule has 1 heterocycles. The van der Waals surface area contributed by atoms with Crippen molar-refractivity contribution in [2.24, 2.45) is 0 Å². The van der Waals surface area contributed by atoms with E-state index in [1.807, 2.05) is 58.9 Å². The van der Waals surface area contributed by atoms with Crippen molar-refractivity contribution in [2.45, 2.75) is 46.6 Å². The number of nitrogens with zero attached hydrogens (tertiary/aromatic N) is 3. The lowest BCUT2D eigenvalue weighted by atomic mass is 10.0. The van der Waals surface area contributed by atoms with Crippen LogP contribution in [0.5, 0.6) is 0 Å². The van der Waals surface area contributed by atoms with Gasteiger partial charge >= 0.3 is 0 Å². The Labute approximate surface area is 125 Å². The molecule has 1 aromatic heterocycles. The minimum absolute atomic E-state index is 0.182. The topological polar surface area (TPSA) is 59.8 Å². The molecule has 0 radical (unpaired) electrons. The molecule has 2 rings (SSSR count). The number of nitrogens with one attached hydrogen (secondary N) is 1. The minimum atomic E-state index is -0.253. The molecule has 0 aliphatic heterocycles. The molecule has 5 heteroatoms. The van der Waals surface area contributed by atoms with Crippen LogP contribution >= 0.6 is 0 Å². The van der Waals surface area contributed by atoms with E-state index < -0.39 is 0 Å². The zero-order valence-corrected chi connectivity index (χ0v) is 13.3. The molecule has 0 aliphatic carbocycles. The zero-order chi connectivity index (χ0) is 15.6. The van der Waals surface area contributed by atoms with Crippen LogP contribution in [-0.2, 0) is 0 Å². The number of hydrogen-bond donors (Lipinski definition) is 1. The standard InChI is InChI=1S/C16H22N4O/c1-6-16(4,5)17-15(21)14-12(3)20(19-18-14)13-9-7-8-11(2)10-13/h7-10H,6H2,1-5H3,(H,17,21). The summed E-state index contributed by atoms with van der Waals surface area (Å²) in [4.78, 5) is 12.3. The maximum absolute atomic E-state index is 12.3. The Morgan fingerprint density at radius 1 is 1.33 bits per heavy atom. The second-order valence-corrected chi connectivity index (χ2v) is 5.97. The SMILES string of the molecule is CCC(C)(C)NC(=O)c1nnn(-c2cccc(C)c2)c1C.